The third-order valence-corrected chi connectivity index (χ3v) is 4.12. The lowest BCUT2D eigenvalue weighted by molar-refractivity contribution is 0.610. The Morgan fingerprint density at radius 1 is 1.00 bits per heavy atom. The number of rotatable bonds is 5. The summed E-state index contributed by atoms with van der Waals surface area (Å²) < 4.78 is 2.33. The molecule has 1 unspecified atom stereocenters. The van der Waals surface area contributed by atoms with Crippen LogP contribution in [0.5, 0.6) is 0 Å². The first-order valence-corrected chi connectivity index (χ1v) is 7.56. The van der Waals surface area contributed by atoms with E-state index in [1.807, 2.05) is 7.05 Å². The van der Waals surface area contributed by atoms with Gasteiger partial charge in [0, 0.05) is 29.7 Å². The highest BCUT2D eigenvalue weighted by atomic mass is 14.9. The smallest absolute Gasteiger partial charge is 0.0486 e. The molecule has 1 N–H and O–H groups in total. The molecule has 0 amide bonds. The molecule has 0 fully saturated rings. The first-order chi connectivity index (χ1) is 10.3. The van der Waals surface area contributed by atoms with E-state index in [-0.39, 0.29) is 0 Å². The molecule has 0 aliphatic heterocycles. The molecule has 2 nitrogen and oxygen atoms in total. The van der Waals surface area contributed by atoms with Gasteiger partial charge in [-0.05, 0) is 43.7 Å². The molecule has 3 rings (SSSR count). The summed E-state index contributed by atoms with van der Waals surface area (Å²) in [6.45, 7) is 3.15. The van der Waals surface area contributed by atoms with E-state index in [9.17, 15) is 0 Å². The monoisotopic (exact) mass is 278 g/mol. The van der Waals surface area contributed by atoms with Crippen molar-refractivity contribution in [2.75, 3.05) is 7.05 Å². The van der Waals surface area contributed by atoms with Crippen LogP contribution in [0.3, 0.4) is 0 Å². The topological polar surface area (TPSA) is 17.0 Å². The van der Waals surface area contributed by atoms with Crippen LogP contribution in [0.4, 0.5) is 0 Å². The molecule has 0 aliphatic rings. The van der Waals surface area contributed by atoms with Crippen LogP contribution in [-0.4, -0.2) is 17.7 Å². The van der Waals surface area contributed by atoms with E-state index in [0.29, 0.717) is 6.04 Å². The van der Waals surface area contributed by atoms with Crippen molar-refractivity contribution in [3.05, 3.63) is 71.9 Å². The number of hydrogen-bond acceptors (Lipinski definition) is 1. The van der Waals surface area contributed by atoms with Gasteiger partial charge in [0.1, 0.15) is 0 Å². The highest BCUT2D eigenvalue weighted by molar-refractivity contribution is 5.83. The summed E-state index contributed by atoms with van der Waals surface area (Å²) >= 11 is 0. The first-order valence-electron chi connectivity index (χ1n) is 7.56. The summed E-state index contributed by atoms with van der Waals surface area (Å²) in [5.74, 6) is 0. The fraction of sp³-hybridized carbons (Fsp3) is 0.263. The maximum atomic E-state index is 3.32. The van der Waals surface area contributed by atoms with Gasteiger partial charge in [-0.2, -0.15) is 0 Å². The van der Waals surface area contributed by atoms with Gasteiger partial charge >= 0.3 is 0 Å². The Labute approximate surface area is 126 Å². The average Bonchev–Trinajstić information content (AvgIpc) is 2.92. The number of nitrogens with zero attached hydrogens (tertiary/aromatic N) is 1. The van der Waals surface area contributed by atoms with Gasteiger partial charge in [-0.15, -0.1) is 0 Å². The lowest BCUT2D eigenvalue weighted by Crippen LogP contribution is -2.23. The number of hydrogen-bond donors (Lipinski definition) is 1. The van der Waals surface area contributed by atoms with E-state index >= 15 is 0 Å². The van der Waals surface area contributed by atoms with Crippen LogP contribution in [0.15, 0.2) is 60.8 Å². The predicted molar refractivity (Wildman–Crippen MR) is 89.7 cm³/mol. The third kappa shape index (κ3) is 3.01. The molecule has 2 aromatic carbocycles. The summed E-state index contributed by atoms with van der Waals surface area (Å²) in [5, 5.41) is 4.69. The van der Waals surface area contributed by atoms with Gasteiger partial charge in [0.25, 0.3) is 0 Å². The number of nitrogens with one attached hydrogen (secondary N) is 1. The maximum absolute atomic E-state index is 3.32. The lowest BCUT2D eigenvalue weighted by Gasteiger charge is -2.12. The Morgan fingerprint density at radius 2 is 1.81 bits per heavy atom. The maximum Gasteiger partial charge on any atom is 0.0486 e. The Bertz CT molecular complexity index is 713. The van der Waals surface area contributed by atoms with Gasteiger partial charge in [0.05, 0.1) is 0 Å². The zero-order valence-electron chi connectivity index (χ0n) is 12.7. The Morgan fingerprint density at radius 3 is 2.57 bits per heavy atom. The molecule has 0 bridgehead atoms. The van der Waals surface area contributed by atoms with Crippen LogP contribution in [-0.2, 0) is 13.0 Å². The minimum atomic E-state index is 0.494. The fourth-order valence-electron chi connectivity index (χ4n) is 2.82. The van der Waals surface area contributed by atoms with Crippen molar-refractivity contribution in [2.24, 2.45) is 0 Å². The van der Waals surface area contributed by atoms with Gasteiger partial charge in [-0.25, -0.2) is 0 Å². The number of likely N-dealkylation sites (N-methyl/N-ethyl adjacent to an activating group) is 1. The quantitative estimate of drug-likeness (QED) is 0.750. The molecule has 108 valence electrons. The van der Waals surface area contributed by atoms with E-state index in [1.165, 1.54) is 22.0 Å². The molecule has 21 heavy (non-hydrogen) atoms. The van der Waals surface area contributed by atoms with Gasteiger partial charge in [-0.3, -0.25) is 0 Å². The molecule has 1 atom stereocenters. The molecule has 2 heteroatoms. The second-order valence-electron chi connectivity index (χ2n) is 5.67. The normalized spacial score (nSPS) is 12.7. The molecule has 1 heterocycles. The van der Waals surface area contributed by atoms with Gasteiger partial charge in [0.15, 0.2) is 0 Å². The number of fused-ring (bicyclic) bond motifs is 1. The number of benzene rings is 2. The number of aromatic nitrogens is 1. The Balaban J connectivity index is 1.93. The van der Waals surface area contributed by atoms with E-state index in [0.717, 1.165) is 13.0 Å². The molecular formula is C19H22N2. The van der Waals surface area contributed by atoms with Crippen molar-refractivity contribution < 1.29 is 0 Å². The second-order valence-corrected chi connectivity index (χ2v) is 5.67. The van der Waals surface area contributed by atoms with Crippen molar-refractivity contribution in [2.45, 2.75) is 25.9 Å². The average molecular weight is 278 g/mol. The summed E-state index contributed by atoms with van der Waals surface area (Å²) in [6, 6.07) is 20.0. The Kier molecular flexibility index (Phi) is 4.07. The molecule has 3 aromatic rings. The van der Waals surface area contributed by atoms with Crippen molar-refractivity contribution in [3.63, 3.8) is 0 Å². The molecular weight excluding hydrogens is 256 g/mol. The molecule has 0 spiro atoms. The van der Waals surface area contributed by atoms with Crippen LogP contribution in [0, 0.1) is 0 Å². The Hall–Kier alpha value is -2.06. The molecule has 0 saturated heterocycles. The second kappa shape index (κ2) is 6.15. The summed E-state index contributed by atoms with van der Waals surface area (Å²) in [5.41, 5.74) is 4.07. The SMILES string of the molecule is CNC(C)Cc1cccc2c1ccn2Cc1ccccc1. The minimum Gasteiger partial charge on any atom is -0.343 e. The van der Waals surface area contributed by atoms with E-state index in [2.05, 4.69) is 77.6 Å². The van der Waals surface area contributed by atoms with Crippen molar-refractivity contribution in [1.29, 1.82) is 0 Å². The lowest BCUT2D eigenvalue weighted by atomic mass is 10.0. The minimum absolute atomic E-state index is 0.494. The summed E-state index contributed by atoms with van der Waals surface area (Å²) in [7, 11) is 2.02. The van der Waals surface area contributed by atoms with Crippen LogP contribution in [0.1, 0.15) is 18.1 Å². The molecule has 0 radical (unpaired) electrons. The zero-order valence-corrected chi connectivity index (χ0v) is 12.7. The largest absolute Gasteiger partial charge is 0.343 e. The summed E-state index contributed by atoms with van der Waals surface area (Å²) in [4.78, 5) is 0. The predicted octanol–water partition coefficient (Wildman–Crippen LogP) is 3.84. The zero-order chi connectivity index (χ0) is 14.7. The van der Waals surface area contributed by atoms with Crippen molar-refractivity contribution in [1.82, 2.24) is 9.88 Å². The van der Waals surface area contributed by atoms with Crippen molar-refractivity contribution >= 4 is 10.9 Å². The van der Waals surface area contributed by atoms with E-state index < -0.39 is 0 Å². The van der Waals surface area contributed by atoms with E-state index in [4.69, 9.17) is 0 Å². The van der Waals surface area contributed by atoms with Crippen LogP contribution in [0.25, 0.3) is 10.9 Å². The van der Waals surface area contributed by atoms with Gasteiger partial charge in [-0.1, -0.05) is 42.5 Å². The molecule has 1 aromatic heterocycles. The van der Waals surface area contributed by atoms with Crippen LogP contribution in [0.2, 0.25) is 0 Å². The fourth-order valence-corrected chi connectivity index (χ4v) is 2.82. The molecule has 0 aliphatic carbocycles. The standard InChI is InChI=1S/C19H22N2/c1-15(20-2)13-17-9-6-10-19-18(17)11-12-21(19)14-16-7-4-3-5-8-16/h3-12,15,20H,13-14H2,1-2H3. The van der Waals surface area contributed by atoms with Gasteiger partial charge < -0.3 is 9.88 Å². The van der Waals surface area contributed by atoms with Gasteiger partial charge in [0.2, 0.25) is 0 Å². The highest BCUT2D eigenvalue weighted by Crippen LogP contribution is 2.22. The van der Waals surface area contributed by atoms with E-state index in [1.54, 1.807) is 0 Å². The first kappa shape index (κ1) is 13.9. The van der Waals surface area contributed by atoms with Crippen molar-refractivity contribution in [3.8, 4) is 0 Å². The van der Waals surface area contributed by atoms with Crippen LogP contribution < -0.4 is 5.32 Å². The molecule has 0 saturated carbocycles. The third-order valence-electron chi connectivity index (χ3n) is 4.12. The highest BCUT2D eigenvalue weighted by Gasteiger charge is 2.08. The van der Waals surface area contributed by atoms with Crippen LogP contribution >= 0.6 is 0 Å². The summed E-state index contributed by atoms with van der Waals surface area (Å²) in [6.07, 6.45) is 3.26.